The molecule has 0 aliphatic heterocycles. The van der Waals surface area contributed by atoms with Crippen LogP contribution in [0.1, 0.15) is 21.5 Å². The fourth-order valence-electron chi connectivity index (χ4n) is 2.31. The van der Waals surface area contributed by atoms with Crippen LogP contribution in [-0.2, 0) is 20.7 Å². The number of amides is 2. The van der Waals surface area contributed by atoms with Crippen molar-refractivity contribution in [3.05, 3.63) is 64.2 Å². The van der Waals surface area contributed by atoms with Crippen LogP contribution in [0.25, 0.3) is 0 Å². The third-order valence-corrected chi connectivity index (χ3v) is 3.88. The summed E-state index contributed by atoms with van der Waals surface area (Å²) in [6.07, 6.45) is 0.188. The van der Waals surface area contributed by atoms with Crippen LogP contribution in [0.2, 0.25) is 5.02 Å². The number of rotatable bonds is 6. The highest BCUT2D eigenvalue weighted by Gasteiger charge is 2.12. The van der Waals surface area contributed by atoms with Crippen LogP contribution in [0.5, 0.6) is 0 Å². The second kappa shape index (κ2) is 9.01. The minimum absolute atomic E-state index is 0.188. The molecule has 0 saturated heterocycles. The molecule has 2 amide bonds. The van der Waals surface area contributed by atoms with Crippen LogP contribution in [0.3, 0.4) is 0 Å². The van der Waals surface area contributed by atoms with E-state index >= 15 is 0 Å². The summed E-state index contributed by atoms with van der Waals surface area (Å²) in [5.41, 5.74) is 2.47. The lowest BCUT2D eigenvalue weighted by atomic mass is 10.1. The molecule has 0 radical (unpaired) electrons. The molecule has 0 aliphatic carbocycles. The third kappa shape index (κ3) is 5.60. The Morgan fingerprint density at radius 1 is 1.08 bits per heavy atom. The highest BCUT2D eigenvalue weighted by atomic mass is 35.5. The summed E-state index contributed by atoms with van der Waals surface area (Å²) in [7, 11) is 1.26. The van der Waals surface area contributed by atoms with Gasteiger partial charge in [-0.05, 0) is 30.7 Å². The Balaban J connectivity index is 1.90. The number of carbonyl (C=O) groups is 3. The number of aryl methyl sites for hydroxylation is 1. The average molecular weight is 375 g/mol. The van der Waals surface area contributed by atoms with Crippen LogP contribution < -0.4 is 10.6 Å². The van der Waals surface area contributed by atoms with E-state index in [0.717, 1.165) is 11.1 Å². The Morgan fingerprint density at radius 2 is 1.85 bits per heavy atom. The molecule has 6 nitrogen and oxygen atoms in total. The normalized spacial score (nSPS) is 10.1. The van der Waals surface area contributed by atoms with Crippen molar-refractivity contribution in [3.8, 4) is 0 Å². The molecule has 0 aromatic heterocycles. The molecular weight excluding hydrogens is 356 g/mol. The predicted molar refractivity (Wildman–Crippen MR) is 99.3 cm³/mol. The second-order valence-corrected chi connectivity index (χ2v) is 6.08. The predicted octanol–water partition coefficient (Wildman–Crippen LogP) is 2.73. The first-order valence-corrected chi connectivity index (χ1v) is 8.27. The van der Waals surface area contributed by atoms with E-state index in [9.17, 15) is 14.4 Å². The zero-order chi connectivity index (χ0) is 19.1. The van der Waals surface area contributed by atoms with Gasteiger partial charge in [0.25, 0.3) is 0 Å². The number of carbonyl (C=O) groups excluding carboxylic acids is 3. The fourth-order valence-corrected chi connectivity index (χ4v) is 2.47. The lowest BCUT2D eigenvalue weighted by Crippen LogP contribution is -2.33. The molecule has 2 aromatic carbocycles. The van der Waals surface area contributed by atoms with Crippen LogP contribution in [0.15, 0.2) is 42.5 Å². The lowest BCUT2D eigenvalue weighted by molar-refractivity contribution is -0.123. The summed E-state index contributed by atoms with van der Waals surface area (Å²) < 4.78 is 4.63. The summed E-state index contributed by atoms with van der Waals surface area (Å²) in [5.74, 6) is -1.25. The van der Waals surface area contributed by atoms with Gasteiger partial charge in [0, 0.05) is 0 Å². The number of hydrogen-bond donors (Lipinski definition) is 2. The van der Waals surface area contributed by atoms with E-state index in [-0.39, 0.29) is 35.1 Å². The maximum Gasteiger partial charge on any atom is 0.337 e. The Hall–Kier alpha value is -2.86. The number of halogens is 1. The van der Waals surface area contributed by atoms with Gasteiger partial charge < -0.3 is 15.4 Å². The largest absolute Gasteiger partial charge is 0.465 e. The van der Waals surface area contributed by atoms with E-state index in [0.29, 0.717) is 0 Å². The van der Waals surface area contributed by atoms with Gasteiger partial charge in [0.1, 0.15) is 0 Å². The first kappa shape index (κ1) is 19.5. The zero-order valence-corrected chi connectivity index (χ0v) is 15.2. The fraction of sp³-hybridized carbons (Fsp3) is 0.211. The number of hydrogen-bond acceptors (Lipinski definition) is 4. The van der Waals surface area contributed by atoms with Crippen LogP contribution in [0.4, 0.5) is 5.69 Å². The Morgan fingerprint density at radius 3 is 2.54 bits per heavy atom. The summed E-state index contributed by atoms with van der Waals surface area (Å²) in [4.78, 5) is 35.5. The van der Waals surface area contributed by atoms with Gasteiger partial charge in [-0.3, -0.25) is 9.59 Å². The van der Waals surface area contributed by atoms with Crippen LogP contribution in [-0.4, -0.2) is 31.4 Å². The summed E-state index contributed by atoms with van der Waals surface area (Å²) >= 11 is 6.02. The van der Waals surface area contributed by atoms with Crippen molar-refractivity contribution in [3.63, 3.8) is 0 Å². The Bertz CT molecular complexity index is 836. The molecule has 0 fully saturated rings. The summed E-state index contributed by atoms with van der Waals surface area (Å²) in [6, 6.07) is 12.0. The molecule has 2 aromatic rings. The molecule has 0 atom stereocenters. The molecule has 136 valence electrons. The van der Waals surface area contributed by atoms with Gasteiger partial charge in [0.2, 0.25) is 11.8 Å². The smallest absolute Gasteiger partial charge is 0.337 e. The lowest BCUT2D eigenvalue weighted by Gasteiger charge is -2.10. The number of anilines is 1. The molecule has 7 heteroatoms. The van der Waals surface area contributed by atoms with Gasteiger partial charge in [0.15, 0.2) is 0 Å². The van der Waals surface area contributed by atoms with Crippen molar-refractivity contribution in [2.45, 2.75) is 13.3 Å². The molecule has 0 bridgehead atoms. The number of ether oxygens (including phenoxy) is 1. The van der Waals surface area contributed by atoms with Gasteiger partial charge in [0.05, 0.1) is 36.3 Å². The standard InChI is InChI=1S/C19H19ClN2O4/c1-12-4-3-5-13(8-12)9-17(23)21-11-18(24)22-16-10-14(19(25)26-2)6-7-15(16)20/h3-8,10H,9,11H2,1-2H3,(H,21,23)(H,22,24). The SMILES string of the molecule is COC(=O)c1ccc(Cl)c(NC(=O)CNC(=O)Cc2cccc(C)c2)c1. The molecule has 0 saturated carbocycles. The van der Waals surface area contributed by atoms with Gasteiger partial charge in [-0.1, -0.05) is 41.4 Å². The van der Waals surface area contributed by atoms with Gasteiger partial charge in [-0.25, -0.2) is 4.79 Å². The van der Waals surface area contributed by atoms with Crippen LogP contribution >= 0.6 is 11.6 Å². The maximum atomic E-state index is 12.0. The first-order valence-electron chi connectivity index (χ1n) is 7.89. The van der Waals surface area contributed by atoms with Crippen molar-refractivity contribution in [1.29, 1.82) is 0 Å². The number of esters is 1. The highest BCUT2D eigenvalue weighted by molar-refractivity contribution is 6.33. The van der Waals surface area contributed by atoms with Crippen molar-refractivity contribution in [2.75, 3.05) is 19.0 Å². The minimum Gasteiger partial charge on any atom is -0.465 e. The average Bonchev–Trinajstić information content (AvgIpc) is 2.61. The number of nitrogens with one attached hydrogen (secondary N) is 2. The Labute approximate surface area is 156 Å². The quantitative estimate of drug-likeness (QED) is 0.761. The summed E-state index contributed by atoms with van der Waals surface area (Å²) in [5, 5.41) is 5.39. The minimum atomic E-state index is -0.538. The molecule has 0 heterocycles. The Kier molecular flexibility index (Phi) is 6.74. The molecular formula is C19H19ClN2O4. The van der Waals surface area contributed by atoms with E-state index in [4.69, 9.17) is 11.6 Å². The third-order valence-electron chi connectivity index (χ3n) is 3.55. The number of benzene rings is 2. The monoisotopic (exact) mass is 374 g/mol. The van der Waals surface area contributed by atoms with E-state index in [1.54, 1.807) is 0 Å². The molecule has 2 N–H and O–H groups in total. The molecule has 0 unspecified atom stereocenters. The molecule has 0 aliphatic rings. The summed E-state index contributed by atoms with van der Waals surface area (Å²) in [6.45, 7) is 1.74. The molecule has 0 spiro atoms. The van der Waals surface area contributed by atoms with Gasteiger partial charge >= 0.3 is 5.97 Å². The first-order chi connectivity index (χ1) is 12.4. The van der Waals surface area contributed by atoms with Crippen molar-refractivity contribution in [2.24, 2.45) is 0 Å². The van der Waals surface area contributed by atoms with E-state index in [1.807, 2.05) is 31.2 Å². The zero-order valence-electron chi connectivity index (χ0n) is 14.5. The van der Waals surface area contributed by atoms with Crippen LogP contribution in [0, 0.1) is 6.92 Å². The highest BCUT2D eigenvalue weighted by Crippen LogP contribution is 2.23. The number of methoxy groups -OCH3 is 1. The van der Waals surface area contributed by atoms with E-state index in [1.165, 1.54) is 25.3 Å². The molecule has 2 rings (SSSR count). The van der Waals surface area contributed by atoms with E-state index in [2.05, 4.69) is 15.4 Å². The van der Waals surface area contributed by atoms with Gasteiger partial charge in [-0.2, -0.15) is 0 Å². The van der Waals surface area contributed by atoms with Crippen molar-refractivity contribution >= 4 is 35.1 Å². The maximum absolute atomic E-state index is 12.0. The van der Waals surface area contributed by atoms with Gasteiger partial charge in [-0.15, -0.1) is 0 Å². The molecule has 26 heavy (non-hydrogen) atoms. The second-order valence-electron chi connectivity index (χ2n) is 5.68. The van der Waals surface area contributed by atoms with E-state index < -0.39 is 11.9 Å². The van der Waals surface area contributed by atoms with Crippen molar-refractivity contribution in [1.82, 2.24) is 5.32 Å². The topological polar surface area (TPSA) is 84.5 Å². The van der Waals surface area contributed by atoms with Crippen molar-refractivity contribution < 1.29 is 19.1 Å².